The van der Waals surface area contributed by atoms with Crippen LogP contribution in [-0.4, -0.2) is 27.2 Å². The fraction of sp³-hybridized carbons (Fsp3) is 0.167. The summed E-state index contributed by atoms with van der Waals surface area (Å²) in [6.07, 6.45) is 3.21. The second kappa shape index (κ2) is 2.74. The van der Waals surface area contributed by atoms with Crippen LogP contribution in [0.4, 0.5) is 5.82 Å². The van der Waals surface area contributed by atoms with Gasteiger partial charge in [0, 0.05) is 13.2 Å². The van der Waals surface area contributed by atoms with Crippen molar-refractivity contribution in [3.8, 4) is 0 Å². The summed E-state index contributed by atoms with van der Waals surface area (Å²) in [5.41, 5.74) is 6.31. The minimum atomic E-state index is 0.655. The minimum absolute atomic E-state index is 0.655. The number of rotatable bonds is 2. The number of aromatic amines is 1. The Hall–Kier alpha value is -1.69. The Morgan fingerprint density at radius 2 is 2.33 bits per heavy atom. The summed E-state index contributed by atoms with van der Waals surface area (Å²) in [7, 11) is 1.77. The standard InChI is InChI=1S/C6H8N6/c1-7-11-5-4-2-10-12-6(4)9-3-8-5/h2-3,7H,1H3,(H2,8,9,10,11,12). The molecule has 0 radical (unpaired) electrons. The summed E-state index contributed by atoms with van der Waals surface area (Å²) in [6, 6.07) is 0. The zero-order chi connectivity index (χ0) is 8.39. The van der Waals surface area contributed by atoms with Crippen molar-refractivity contribution in [3.63, 3.8) is 0 Å². The normalized spacial score (nSPS) is 10.4. The third kappa shape index (κ3) is 0.978. The molecule has 0 fully saturated rings. The molecule has 0 unspecified atom stereocenters. The molecule has 0 saturated heterocycles. The molecule has 2 heterocycles. The first-order valence-electron chi connectivity index (χ1n) is 3.49. The van der Waals surface area contributed by atoms with Crippen LogP contribution in [-0.2, 0) is 0 Å². The Balaban J connectivity index is 2.57. The van der Waals surface area contributed by atoms with Crippen molar-refractivity contribution in [1.29, 1.82) is 0 Å². The van der Waals surface area contributed by atoms with Crippen molar-refractivity contribution in [1.82, 2.24) is 25.6 Å². The molecule has 0 amide bonds. The van der Waals surface area contributed by atoms with Crippen molar-refractivity contribution in [2.75, 3.05) is 12.5 Å². The lowest BCUT2D eigenvalue weighted by molar-refractivity contribution is 0.965. The van der Waals surface area contributed by atoms with Crippen LogP contribution in [0.1, 0.15) is 0 Å². The third-order valence-electron chi connectivity index (χ3n) is 1.49. The highest BCUT2D eigenvalue weighted by Gasteiger charge is 2.02. The van der Waals surface area contributed by atoms with Gasteiger partial charge in [0.25, 0.3) is 0 Å². The Kier molecular flexibility index (Phi) is 1.60. The lowest BCUT2D eigenvalue weighted by atomic mass is 10.4. The van der Waals surface area contributed by atoms with Crippen LogP contribution in [0.5, 0.6) is 0 Å². The molecule has 0 aliphatic carbocycles. The Morgan fingerprint density at radius 3 is 3.17 bits per heavy atom. The van der Waals surface area contributed by atoms with Crippen molar-refractivity contribution >= 4 is 16.9 Å². The molecule has 3 N–H and O–H groups in total. The predicted molar refractivity (Wildman–Crippen MR) is 44.4 cm³/mol. The van der Waals surface area contributed by atoms with Gasteiger partial charge in [0.1, 0.15) is 6.33 Å². The van der Waals surface area contributed by atoms with E-state index in [2.05, 4.69) is 31.0 Å². The minimum Gasteiger partial charge on any atom is -0.305 e. The maximum atomic E-state index is 4.02. The van der Waals surface area contributed by atoms with E-state index in [1.165, 1.54) is 6.33 Å². The number of fused-ring (bicyclic) bond motifs is 1. The fourth-order valence-corrected chi connectivity index (χ4v) is 0.984. The molecule has 0 saturated carbocycles. The van der Waals surface area contributed by atoms with Crippen molar-refractivity contribution in [2.24, 2.45) is 0 Å². The summed E-state index contributed by atoms with van der Waals surface area (Å²) in [5.74, 6) is 0.719. The number of H-pyrrole nitrogens is 1. The summed E-state index contributed by atoms with van der Waals surface area (Å²) in [4.78, 5) is 7.99. The van der Waals surface area contributed by atoms with E-state index < -0.39 is 0 Å². The van der Waals surface area contributed by atoms with Crippen LogP contribution in [0.2, 0.25) is 0 Å². The van der Waals surface area contributed by atoms with Crippen molar-refractivity contribution in [3.05, 3.63) is 12.5 Å². The van der Waals surface area contributed by atoms with Gasteiger partial charge in [0.2, 0.25) is 0 Å². The van der Waals surface area contributed by atoms with Gasteiger partial charge in [-0.2, -0.15) is 5.10 Å². The van der Waals surface area contributed by atoms with Gasteiger partial charge in [0.05, 0.1) is 5.39 Å². The number of nitrogens with one attached hydrogen (secondary N) is 3. The van der Waals surface area contributed by atoms with Crippen LogP contribution in [0.25, 0.3) is 11.0 Å². The summed E-state index contributed by atoms with van der Waals surface area (Å²) >= 11 is 0. The van der Waals surface area contributed by atoms with E-state index in [1.54, 1.807) is 13.2 Å². The molecule has 62 valence electrons. The molecular weight excluding hydrogens is 156 g/mol. The molecule has 2 aromatic rings. The van der Waals surface area contributed by atoms with Gasteiger partial charge in [-0.25, -0.2) is 15.4 Å². The average Bonchev–Trinajstić information content (AvgIpc) is 2.53. The topological polar surface area (TPSA) is 78.5 Å². The molecule has 0 aliphatic rings. The molecule has 2 rings (SSSR count). The quantitative estimate of drug-likeness (QED) is 0.540. The summed E-state index contributed by atoms with van der Waals surface area (Å²) < 4.78 is 0. The highest BCUT2D eigenvalue weighted by Crippen LogP contribution is 2.14. The van der Waals surface area contributed by atoms with Crippen LogP contribution >= 0.6 is 0 Å². The van der Waals surface area contributed by atoms with E-state index in [1.807, 2.05) is 0 Å². The lowest BCUT2D eigenvalue weighted by Crippen LogP contribution is -2.16. The molecule has 2 aromatic heterocycles. The van der Waals surface area contributed by atoms with Gasteiger partial charge in [0.15, 0.2) is 11.5 Å². The molecule has 0 atom stereocenters. The van der Waals surface area contributed by atoms with E-state index in [0.29, 0.717) is 5.65 Å². The van der Waals surface area contributed by atoms with E-state index in [0.717, 1.165) is 11.2 Å². The second-order valence-electron chi connectivity index (χ2n) is 2.22. The molecular formula is C6H8N6. The number of hydrogen-bond acceptors (Lipinski definition) is 5. The largest absolute Gasteiger partial charge is 0.305 e. The first-order chi connectivity index (χ1) is 5.92. The zero-order valence-electron chi connectivity index (χ0n) is 6.50. The lowest BCUT2D eigenvalue weighted by Gasteiger charge is -2.01. The number of aromatic nitrogens is 4. The van der Waals surface area contributed by atoms with Crippen molar-refractivity contribution in [2.45, 2.75) is 0 Å². The molecule has 0 aromatic carbocycles. The highest BCUT2D eigenvalue weighted by molar-refractivity contribution is 5.85. The van der Waals surface area contributed by atoms with Gasteiger partial charge < -0.3 is 5.43 Å². The van der Waals surface area contributed by atoms with Crippen LogP contribution in [0.15, 0.2) is 12.5 Å². The maximum Gasteiger partial charge on any atom is 0.186 e. The number of nitrogens with zero attached hydrogens (tertiary/aromatic N) is 3. The van der Waals surface area contributed by atoms with E-state index in [-0.39, 0.29) is 0 Å². The maximum absolute atomic E-state index is 4.02. The van der Waals surface area contributed by atoms with Crippen molar-refractivity contribution < 1.29 is 0 Å². The van der Waals surface area contributed by atoms with Crippen LogP contribution < -0.4 is 10.9 Å². The molecule has 6 nitrogen and oxygen atoms in total. The molecule has 0 bridgehead atoms. The summed E-state index contributed by atoms with van der Waals surface area (Å²) in [5, 5.41) is 7.50. The first-order valence-corrected chi connectivity index (χ1v) is 3.49. The number of hydrogen-bond donors (Lipinski definition) is 3. The van der Waals surface area contributed by atoms with Gasteiger partial charge in [-0.3, -0.25) is 5.10 Å². The third-order valence-corrected chi connectivity index (χ3v) is 1.49. The Morgan fingerprint density at radius 1 is 1.42 bits per heavy atom. The first kappa shape index (κ1) is 6.99. The van der Waals surface area contributed by atoms with Gasteiger partial charge in [-0.15, -0.1) is 0 Å². The molecule has 6 heteroatoms. The Bertz CT molecular complexity index is 380. The van der Waals surface area contributed by atoms with E-state index in [9.17, 15) is 0 Å². The summed E-state index contributed by atoms with van der Waals surface area (Å²) in [6.45, 7) is 0. The van der Waals surface area contributed by atoms with E-state index >= 15 is 0 Å². The van der Waals surface area contributed by atoms with E-state index in [4.69, 9.17) is 0 Å². The van der Waals surface area contributed by atoms with Gasteiger partial charge in [-0.05, 0) is 0 Å². The SMILES string of the molecule is CNNc1ncnc2n[nH]cc12. The molecule has 0 aliphatic heterocycles. The smallest absolute Gasteiger partial charge is 0.186 e. The number of hydrazine groups is 1. The predicted octanol–water partition coefficient (Wildman–Crippen LogP) is -0.101. The Labute approximate surface area is 68.4 Å². The number of anilines is 1. The second-order valence-corrected chi connectivity index (χ2v) is 2.22. The van der Waals surface area contributed by atoms with Gasteiger partial charge in [-0.1, -0.05) is 0 Å². The van der Waals surface area contributed by atoms with Crippen LogP contribution in [0, 0.1) is 0 Å². The van der Waals surface area contributed by atoms with Crippen LogP contribution in [0.3, 0.4) is 0 Å². The fourth-order valence-electron chi connectivity index (χ4n) is 0.984. The molecule has 12 heavy (non-hydrogen) atoms. The highest BCUT2D eigenvalue weighted by atomic mass is 15.4. The molecule has 0 spiro atoms. The van der Waals surface area contributed by atoms with Gasteiger partial charge >= 0.3 is 0 Å². The zero-order valence-corrected chi connectivity index (χ0v) is 6.50. The monoisotopic (exact) mass is 164 g/mol. The average molecular weight is 164 g/mol.